The van der Waals surface area contributed by atoms with Crippen molar-refractivity contribution in [1.82, 2.24) is 0 Å². The van der Waals surface area contributed by atoms with Gasteiger partial charge in [-0.05, 0) is 32.3 Å². The first-order valence-corrected chi connectivity index (χ1v) is 7.44. The largest absolute Gasteiger partial charge is 0.591 e. The molecule has 0 saturated heterocycles. The van der Waals surface area contributed by atoms with Crippen LogP contribution in [-0.2, 0) is 17.8 Å². The fourth-order valence-electron chi connectivity index (χ4n) is 1.39. The van der Waals surface area contributed by atoms with E-state index in [1.165, 1.54) is 5.56 Å². The van der Waals surface area contributed by atoms with E-state index in [9.17, 15) is 4.55 Å². The van der Waals surface area contributed by atoms with Crippen LogP contribution in [0.3, 0.4) is 0 Å². The van der Waals surface area contributed by atoms with Crippen molar-refractivity contribution < 1.29 is 4.55 Å². The van der Waals surface area contributed by atoms with Crippen LogP contribution in [0.15, 0.2) is 34.7 Å². The molecule has 1 aromatic carbocycles. The zero-order chi connectivity index (χ0) is 13.8. The van der Waals surface area contributed by atoms with Crippen LogP contribution in [0.25, 0.3) is 0 Å². The Hall–Kier alpha value is -0.800. The lowest BCUT2D eigenvalue weighted by Crippen LogP contribution is -2.28. The quantitative estimate of drug-likeness (QED) is 0.602. The topological polar surface area (TPSA) is 35.4 Å². The summed E-state index contributed by atoms with van der Waals surface area (Å²) in [6, 6.07) is 10.2. The molecule has 0 bridgehead atoms. The van der Waals surface area contributed by atoms with E-state index in [4.69, 9.17) is 0 Å². The van der Waals surface area contributed by atoms with Crippen molar-refractivity contribution in [1.29, 1.82) is 0 Å². The number of nitrogens with zero attached hydrogens (tertiary/aromatic N) is 1. The molecule has 18 heavy (non-hydrogen) atoms. The maximum absolute atomic E-state index is 12.1. The van der Waals surface area contributed by atoms with Gasteiger partial charge in [0, 0.05) is 6.42 Å². The van der Waals surface area contributed by atoms with Crippen LogP contribution in [0.1, 0.15) is 40.2 Å². The standard InChI is InChI=1S/C15H23NOS/c1-12(2)14(16-18(17)15(3,4)5)11-13-9-7-6-8-10-13/h6-10,12H,11H2,1-5H3/b16-14+. The van der Waals surface area contributed by atoms with Crippen molar-refractivity contribution in [3.05, 3.63) is 35.9 Å². The van der Waals surface area contributed by atoms with Gasteiger partial charge in [0.15, 0.2) is 0 Å². The summed E-state index contributed by atoms with van der Waals surface area (Å²) in [4.78, 5) is 0. The van der Waals surface area contributed by atoms with Gasteiger partial charge in [0.2, 0.25) is 0 Å². The third-order valence-corrected chi connectivity index (χ3v) is 4.07. The van der Waals surface area contributed by atoms with E-state index in [2.05, 4.69) is 30.4 Å². The Morgan fingerprint density at radius 1 is 1.22 bits per heavy atom. The van der Waals surface area contributed by atoms with E-state index in [0.29, 0.717) is 5.92 Å². The van der Waals surface area contributed by atoms with Gasteiger partial charge in [-0.15, -0.1) is 0 Å². The fourth-order valence-corrected chi connectivity index (χ4v) is 2.15. The third kappa shape index (κ3) is 4.83. The second kappa shape index (κ2) is 6.39. The molecule has 0 aliphatic heterocycles. The summed E-state index contributed by atoms with van der Waals surface area (Å²) in [6.45, 7) is 10.1. The van der Waals surface area contributed by atoms with E-state index in [1.807, 2.05) is 39.0 Å². The fraction of sp³-hybridized carbons (Fsp3) is 0.533. The Morgan fingerprint density at radius 3 is 2.22 bits per heavy atom. The van der Waals surface area contributed by atoms with Crippen LogP contribution in [-0.4, -0.2) is 15.0 Å². The first-order valence-electron chi connectivity index (χ1n) is 6.34. The van der Waals surface area contributed by atoms with Crippen molar-refractivity contribution in [3.63, 3.8) is 0 Å². The minimum absolute atomic E-state index is 0.295. The van der Waals surface area contributed by atoms with Gasteiger partial charge in [-0.25, -0.2) is 0 Å². The molecule has 0 fully saturated rings. The van der Waals surface area contributed by atoms with Gasteiger partial charge < -0.3 is 4.55 Å². The summed E-state index contributed by atoms with van der Waals surface area (Å²) in [6.07, 6.45) is 0.778. The molecule has 3 heteroatoms. The highest BCUT2D eigenvalue weighted by Crippen LogP contribution is 2.19. The molecule has 0 saturated carbocycles. The molecule has 0 radical (unpaired) electrons. The Bertz CT molecular complexity index is 393. The van der Waals surface area contributed by atoms with Crippen LogP contribution >= 0.6 is 0 Å². The molecule has 0 heterocycles. The summed E-state index contributed by atoms with van der Waals surface area (Å²) in [5.41, 5.74) is 2.23. The Labute approximate surface area is 114 Å². The highest BCUT2D eigenvalue weighted by Gasteiger charge is 2.27. The molecule has 100 valence electrons. The van der Waals surface area contributed by atoms with E-state index >= 15 is 0 Å². The van der Waals surface area contributed by atoms with Gasteiger partial charge in [0.25, 0.3) is 0 Å². The number of hydrogen-bond donors (Lipinski definition) is 0. The first-order chi connectivity index (χ1) is 8.30. The highest BCUT2D eigenvalue weighted by molar-refractivity contribution is 7.91. The summed E-state index contributed by atoms with van der Waals surface area (Å²) < 4.78 is 16.2. The zero-order valence-corrected chi connectivity index (χ0v) is 12.8. The van der Waals surface area contributed by atoms with Crippen molar-refractivity contribution in [2.75, 3.05) is 0 Å². The molecule has 1 rings (SSSR count). The van der Waals surface area contributed by atoms with Crippen molar-refractivity contribution in [2.45, 2.75) is 45.8 Å². The van der Waals surface area contributed by atoms with Crippen LogP contribution in [0.2, 0.25) is 0 Å². The SMILES string of the molecule is CC(C)/C(Cc1ccccc1)=N/[S+]([O-])C(C)(C)C. The van der Waals surface area contributed by atoms with Crippen molar-refractivity contribution in [2.24, 2.45) is 10.3 Å². The molecule has 0 aliphatic rings. The van der Waals surface area contributed by atoms with Gasteiger partial charge in [-0.3, -0.25) is 0 Å². The van der Waals surface area contributed by atoms with Gasteiger partial charge in [0.1, 0.15) is 16.1 Å². The van der Waals surface area contributed by atoms with E-state index in [0.717, 1.165) is 12.1 Å². The third-order valence-electron chi connectivity index (χ3n) is 2.62. The molecule has 0 aliphatic carbocycles. The molecule has 2 nitrogen and oxygen atoms in total. The molecule has 0 aromatic heterocycles. The predicted molar refractivity (Wildman–Crippen MR) is 80.3 cm³/mol. The van der Waals surface area contributed by atoms with Gasteiger partial charge in [-0.1, -0.05) is 48.6 Å². The van der Waals surface area contributed by atoms with Gasteiger partial charge in [-0.2, -0.15) is 0 Å². The Morgan fingerprint density at radius 2 is 1.78 bits per heavy atom. The average molecular weight is 265 g/mol. The minimum atomic E-state index is -1.17. The normalized spacial score (nSPS) is 14.9. The number of benzene rings is 1. The number of rotatable bonds is 4. The lowest BCUT2D eigenvalue weighted by molar-refractivity contribution is 0.561. The summed E-state index contributed by atoms with van der Waals surface area (Å²) in [5.74, 6) is 0.316. The average Bonchev–Trinajstić information content (AvgIpc) is 2.28. The molecular formula is C15H23NOS. The zero-order valence-electron chi connectivity index (χ0n) is 11.9. The van der Waals surface area contributed by atoms with Crippen molar-refractivity contribution in [3.8, 4) is 0 Å². The number of hydrogen-bond acceptors (Lipinski definition) is 2. The lowest BCUT2D eigenvalue weighted by atomic mass is 10.0. The lowest BCUT2D eigenvalue weighted by Gasteiger charge is -2.20. The summed E-state index contributed by atoms with van der Waals surface area (Å²) >= 11 is -1.17. The molecule has 1 unspecified atom stereocenters. The van der Waals surface area contributed by atoms with Crippen LogP contribution in [0.4, 0.5) is 0 Å². The molecule has 0 N–H and O–H groups in total. The van der Waals surface area contributed by atoms with E-state index in [1.54, 1.807) is 0 Å². The van der Waals surface area contributed by atoms with Crippen molar-refractivity contribution >= 4 is 17.1 Å². The molecule has 0 amide bonds. The maximum atomic E-state index is 12.1. The monoisotopic (exact) mass is 265 g/mol. The molecule has 1 aromatic rings. The Kier molecular flexibility index (Phi) is 5.42. The molecule has 1 atom stereocenters. The van der Waals surface area contributed by atoms with E-state index in [-0.39, 0.29) is 4.75 Å². The minimum Gasteiger partial charge on any atom is -0.591 e. The summed E-state index contributed by atoms with van der Waals surface area (Å²) in [5, 5.41) is 0. The Balaban J connectivity index is 2.87. The molecular weight excluding hydrogens is 242 g/mol. The van der Waals surface area contributed by atoms with E-state index < -0.39 is 11.4 Å². The van der Waals surface area contributed by atoms with Gasteiger partial charge >= 0.3 is 0 Å². The van der Waals surface area contributed by atoms with Gasteiger partial charge in [0.05, 0.1) is 5.71 Å². The first kappa shape index (κ1) is 15.3. The maximum Gasteiger partial charge on any atom is 0.144 e. The van der Waals surface area contributed by atoms with Crippen LogP contribution in [0, 0.1) is 5.92 Å². The second-order valence-electron chi connectivity index (χ2n) is 5.76. The predicted octanol–water partition coefficient (Wildman–Crippen LogP) is 3.79. The van der Waals surface area contributed by atoms with Crippen LogP contribution in [0.5, 0.6) is 0 Å². The summed E-state index contributed by atoms with van der Waals surface area (Å²) in [7, 11) is 0. The second-order valence-corrected chi connectivity index (χ2v) is 7.67. The highest BCUT2D eigenvalue weighted by atomic mass is 32.2. The molecule has 0 spiro atoms. The van der Waals surface area contributed by atoms with Crippen LogP contribution < -0.4 is 0 Å². The smallest absolute Gasteiger partial charge is 0.144 e.